The second kappa shape index (κ2) is 9.09. The van der Waals surface area contributed by atoms with Crippen LogP contribution in [0.1, 0.15) is 25.6 Å². The molecule has 0 fully saturated rings. The molecule has 5 aromatic rings. The number of thiophene rings is 1. The van der Waals surface area contributed by atoms with E-state index in [2.05, 4.69) is 20.8 Å². The summed E-state index contributed by atoms with van der Waals surface area (Å²) in [5, 5.41) is 14.4. The van der Waals surface area contributed by atoms with Gasteiger partial charge in [-0.25, -0.2) is 0 Å². The molecule has 2 heterocycles. The fraction of sp³-hybridized carbons (Fsp3) is 0.0400. The maximum atomic E-state index is 13.0. The van der Waals surface area contributed by atoms with Gasteiger partial charge < -0.3 is 9.73 Å². The van der Waals surface area contributed by atoms with Gasteiger partial charge >= 0.3 is 6.01 Å². The molecule has 3 aromatic carbocycles. The summed E-state index contributed by atoms with van der Waals surface area (Å²) >= 11 is 7.78. The molecule has 0 atom stereocenters. The van der Waals surface area contributed by atoms with Crippen LogP contribution in [0.15, 0.2) is 77.2 Å². The number of aromatic nitrogens is 2. The number of hydrogen-bond acceptors (Lipinski definition) is 6. The van der Waals surface area contributed by atoms with E-state index in [1.807, 2.05) is 55.5 Å². The van der Waals surface area contributed by atoms with Gasteiger partial charge in [-0.15, -0.1) is 16.4 Å². The number of nitrogens with one attached hydrogen (secondary N) is 2. The molecule has 0 bridgehead atoms. The maximum absolute atomic E-state index is 13.0. The molecule has 0 aliphatic rings. The van der Waals surface area contributed by atoms with Crippen molar-refractivity contribution in [3.63, 3.8) is 0 Å². The number of halogens is 1. The van der Waals surface area contributed by atoms with Crippen LogP contribution in [0, 0.1) is 6.92 Å². The zero-order chi connectivity index (χ0) is 23.7. The lowest BCUT2D eigenvalue weighted by Gasteiger charge is -2.09. The van der Waals surface area contributed by atoms with Crippen molar-refractivity contribution in [2.24, 2.45) is 0 Å². The molecule has 34 heavy (non-hydrogen) atoms. The van der Waals surface area contributed by atoms with Gasteiger partial charge in [0.05, 0.1) is 16.3 Å². The number of hydrogen-bond donors (Lipinski definition) is 2. The van der Waals surface area contributed by atoms with E-state index >= 15 is 0 Å². The third-order valence-corrected chi connectivity index (χ3v) is 6.73. The van der Waals surface area contributed by atoms with Crippen molar-refractivity contribution >= 4 is 56.5 Å². The quantitative estimate of drug-likeness (QED) is 0.297. The minimum atomic E-state index is -0.503. The molecule has 0 spiro atoms. The lowest BCUT2D eigenvalue weighted by molar-refractivity contribution is 0.102. The van der Waals surface area contributed by atoms with Gasteiger partial charge in [0.25, 0.3) is 11.8 Å². The molecule has 2 aromatic heterocycles. The molecule has 5 rings (SSSR count). The van der Waals surface area contributed by atoms with Crippen molar-refractivity contribution < 1.29 is 14.0 Å². The number of anilines is 2. The lowest BCUT2D eigenvalue weighted by atomic mass is 10.1. The first kappa shape index (κ1) is 21.8. The molecule has 7 nitrogen and oxygen atoms in total. The standard InChI is InChI=1S/C25H17ClN4O3S/c1-14-11-12-17-19(13-14)34-21(20(17)26)23(32)27-18-10-6-5-9-16(18)22(31)28-25-30-29-24(33-25)15-7-3-2-4-8-15/h2-13H,1H3,(H,27,32)(H,28,30,31). The predicted octanol–water partition coefficient (Wildman–Crippen LogP) is 6.42. The van der Waals surface area contributed by atoms with Crippen LogP contribution in [-0.4, -0.2) is 22.0 Å². The molecular formula is C25H17ClN4O3S. The molecule has 0 saturated carbocycles. The number of fused-ring (bicyclic) bond motifs is 1. The van der Waals surface area contributed by atoms with Crippen LogP contribution in [0.4, 0.5) is 11.7 Å². The van der Waals surface area contributed by atoms with E-state index in [0.717, 1.165) is 21.2 Å². The molecule has 0 aliphatic heterocycles. The molecule has 2 amide bonds. The monoisotopic (exact) mass is 488 g/mol. The number of benzene rings is 3. The highest BCUT2D eigenvalue weighted by Crippen LogP contribution is 2.36. The van der Waals surface area contributed by atoms with E-state index in [0.29, 0.717) is 15.6 Å². The Morgan fingerprint density at radius 1 is 0.912 bits per heavy atom. The van der Waals surface area contributed by atoms with Crippen molar-refractivity contribution in [1.82, 2.24) is 10.2 Å². The molecule has 2 N–H and O–H groups in total. The first-order valence-electron chi connectivity index (χ1n) is 10.3. The first-order chi connectivity index (χ1) is 16.5. The fourth-order valence-corrected chi connectivity index (χ4v) is 4.93. The van der Waals surface area contributed by atoms with Crippen LogP contribution in [0.5, 0.6) is 0 Å². The SMILES string of the molecule is Cc1ccc2c(Cl)c(C(=O)Nc3ccccc3C(=O)Nc3nnc(-c4ccccc4)o3)sc2c1. The zero-order valence-electron chi connectivity index (χ0n) is 17.8. The first-order valence-corrected chi connectivity index (χ1v) is 11.5. The van der Waals surface area contributed by atoms with E-state index < -0.39 is 11.8 Å². The lowest BCUT2D eigenvalue weighted by Crippen LogP contribution is -2.18. The van der Waals surface area contributed by atoms with Crippen molar-refractivity contribution in [2.45, 2.75) is 6.92 Å². The maximum Gasteiger partial charge on any atom is 0.322 e. The van der Waals surface area contributed by atoms with Crippen LogP contribution in [0.25, 0.3) is 21.5 Å². The highest BCUT2D eigenvalue weighted by Gasteiger charge is 2.21. The highest BCUT2D eigenvalue weighted by molar-refractivity contribution is 7.21. The van der Waals surface area contributed by atoms with E-state index in [9.17, 15) is 9.59 Å². The van der Waals surface area contributed by atoms with Crippen molar-refractivity contribution in [3.05, 3.63) is 93.8 Å². The Morgan fingerprint density at radius 3 is 2.50 bits per heavy atom. The van der Waals surface area contributed by atoms with Crippen molar-refractivity contribution in [1.29, 1.82) is 0 Å². The van der Waals surface area contributed by atoms with Gasteiger partial charge in [0.2, 0.25) is 5.89 Å². The number of rotatable bonds is 5. The highest BCUT2D eigenvalue weighted by atomic mass is 35.5. The molecular weight excluding hydrogens is 472 g/mol. The summed E-state index contributed by atoms with van der Waals surface area (Å²) in [4.78, 5) is 26.3. The Kier molecular flexibility index (Phi) is 5.83. The third-order valence-electron chi connectivity index (χ3n) is 5.08. The third kappa shape index (κ3) is 4.28. The van der Waals surface area contributed by atoms with Gasteiger partial charge in [0, 0.05) is 15.6 Å². The average molecular weight is 489 g/mol. The van der Waals surface area contributed by atoms with Crippen LogP contribution in [0.2, 0.25) is 5.02 Å². The minimum Gasteiger partial charge on any atom is -0.403 e. The summed E-state index contributed by atoms with van der Waals surface area (Å²) in [5.41, 5.74) is 2.38. The van der Waals surface area contributed by atoms with E-state index in [1.54, 1.807) is 24.3 Å². The topological polar surface area (TPSA) is 97.1 Å². The minimum absolute atomic E-state index is 0.0482. The van der Waals surface area contributed by atoms with Gasteiger partial charge in [-0.1, -0.05) is 59.2 Å². The van der Waals surface area contributed by atoms with Gasteiger partial charge in [-0.3, -0.25) is 14.9 Å². The van der Waals surface area contributed by atoms with Crippen LogP contribution in [-0.2, 0) is 0 Å². The van der Waals surface area contributed by atoms with Crippen LogP contribution >= 0.6 is 22.9 Å². The summed E-state index contributed by atoms with van der Waals surface area (Å²) in [6.07, 6.45) is 0. The van der Waals surface area contributed by atoms with Crippen LogP contribution < -0.4 is 10.6 Å². The van der Waals surface area contributed by atoms with Crippen molar-refractivity contribution in [2.75, 3.05) is 10.6 Å². The Labute approximate surface area is 203 Å². The number of amides is 2. The fourth-order valence-electron chi connectivity index (χ4n) is 3.42. The zero-order valence-corrected chi connectivity index (χ0v) is 19.4. The van der Waals surface area contributed by atoms with Crippen molar-refractivity contribution in [3.8, 4) is 11.5 Å². The average Bonchev–Trinajstić information content (AvgIpc) is 3.44. The normalized spacial score (nSPS) is 10.9. The molecule has 9 heteroatoms. The van der Waals surface area contributed by atoms with Gasteiger partial charge in [-0.2, -0.15) is 0 Å². The predicted molar refractivity (Wildman–Crippen MR) is 134 cm³/mol. The summed E-state index contributed by atoms with van der Waals surface area (Å²) in [6.45, 7) is 1.98. The van der Waals surface area contributed by atoms with Gasteiger partial charge in [0.15, 0.2) is 0 Å². The molecule has 168 valence electrons. The molecule has 0 radical (unpaired) electrons. The van der Waals surface area contributed by atoms with Gasteiger partial charge in [-0.05, 0) is 42.8 Å². The smallest absolute Gasteiger partial charge is 0.322 e. The van der Waals surface area contributed by atoms with E-state index in [1.165, 1.54) is 11.3 Å². The summed E-state index contributed by atoms with van der Waals surface area (Å²) in [5.74, 6) is -0.613. The number of aryl methyl sites for hydroxylation is 1. The number of para-hydroxylation sites is 1. The second-order valence-electron chi connectivity index (χ2n) is 7.48. The Morgan fingerprint density at radius 2 is 1.68 bits per heavy atom. The summed E-state index contributed by atoms with van der Waals surface area (Å²) in [7, 11) is 0. The Balaban J connectivity index is 1.37. The molecule has 0 saturated heterocycles. The number of carbonyl (C=O) groups excluding carboxylic acids is 2. The molecule has 0 unspecified atom stereocenters. The number of carbonyl (C=O) groups is 2. The van der Waals surface area contributed by atoms with E-state index in [-0.39, 0.29) is 17.5 Å². The Bertz CT molecular complexity index is 1530. The number of nitrogens with zero attached hydrogens (tertiary/aromatic N) is 2. The molecule has 0 aliphatic carbocycles. The van der Waals surface area contributed by atoms with Gasteiger partial charge in [0.1, 0.15) is 4.88 Å². The summed E-state index contributed by atoms with van der Waals surface area (Å²) < 4.78 is 6.48. The largest absolute Gasteiger partial charge is 0.403 e. The van der Waals surface area contributed by atoms with E-state index in [4.69, 9.17) is 16.0 Å². The second-order valence-corrected chi connectivity index (χ2v) is 8.91. The van der Waals surface area contributed by atoms with Crippen LogP contribution in [0.3, 0.4) is 0 Å². The summed E-state index contributed by atoms with van der Waals surface area (Å²) in [6, 6.07) is 21.7. The Hall–Kier alpha value is -4.01.